The van der Waals surface area contributed by atoms with E-state index in [4.69, 9.17) is 5.73 Å². The summed E-state index contributed by atoms with van der Waals surface area (Å²) >= 11 is 0. The number of amides is 1. The van der Waals surface area contributed by atoms with E-state index in [0.29, 0.717) is 11.3 Å². The minimum atomic E-state index is -0.0345. The molecule has 0 unspecified atom stereocenters. The predicted molar refractivity (Wildman–Crippen MR) is 71.9 cm³/mol. The maximum absolute atomic E-state index is 11.7. The van der Waals surface area contributed by atoms with Gasteiger partial charge in [-0.1, -0.05) is 38.7 Å². The second kappa shape index (κ2) is 7.71. The topological polar surface area (TPSA) is 55.1 Å². The summed E-state index contributed by atoms with van der Waals surface area (Å²) in [4.78, 5) is 11.7. The Morgan fingerprint density at radius 1 is 1.24 bits per heavy atom. The summed E-state index contributed by atoms with van der Waals surface area (Å²) in [6.07, 6.45) is 6.02. The van der Waals surface area contributed by atoms with Crippen LogP contribution in [0.3, 0.4) is 0 Å². The SMILES string of the molecule is CCCCCCCNC(=O)c1cccc(N)c1. The van der Waals surface area contributed by atoms with E-state index in [1.165, 1.54) is 25.7 Å². The molecule has 17 heavy (non-hydrogen) atoms. The van der Waals surface area contributed by atoms with Crippen molar-refractivity contribution in [1.29, 1.82) is 0 Å². The predicted octanol–water partition coefficient (Wildman–Crippen LogP) is 2.97. The molecule has 1 aromatic carbocycles. The molecule has 0 aliphatic rings. The van der Waals surface area contributed by atoms with Crippen LogP contribution in [0.2, 0.25) is 0 Å². The number of nitrogen functional groups attached to an aromatic ring is 1. The summed E-state index contributed by atoms with van der Waals surface area (Å²) in [5, 5.41) is 2.91. The molecule has 0 atom stereocenters. The zero-order valence-corrected chi connectivity index (χ0v) is 10.5. The maximum atomic E-state index is 11.7. The first kappa shape index (κ1) is 13.6. The van der Waals surface area contributed by atoms with Crippen molar-refractivity contribution in [2.24, 2.45) is 0 Å². The Hall–Kier alpha value is -1.51. The molecule has 1 rings (SSSR count). The Labute approximate surface area is 103 Å². The van der Waals surface area contributed by atoms with E-state index in [1.807, 2.05) is 0 Å². The Morgan fingerprint density at radius 2 is 2.00 bits per heavy atom. The minimum absolute atomic E-state index is 0.0345. The molecule has 0 bridgehead atoms. The highest BCUT2D eigenvalue weighted by Gasteiger charge is 2.03. The van der Waals surface area contributed by atoms with Crippen molar-refractivity contribution < 1.29 is 4.79 Å². The molecule has 3 N–H and O–H groups in total. The average molecular weight is 234 g/mol. The minimum Gasteiger partial charge on any atom is -0.399 e. The van der Waals surface area contributed by atoms with Gasteiger partial charge in [-0.15, -0.1) is 0 Å². The normalized spacial score (nSPS) is 10.2. The smallest absolute Gasteiger partial charge is 0.251 e. The quantitative estimate of drug-likeness (QED) is 0.563. The van der Waals surface area contributed by atoms with Gasteiger partial charge >= 0.3 is 0 Å². The average Bonchev–Trinajstić information content (AvgIpc) is 2.33. The van der Waals surface area contributed by atoms with Crippen LogP contribution in [0.4, 0.5) is 5.69 Å². The van der Waals surface area contributed by atoms with E-state index < -0.39 is 0 Å². The van der Waals surface area contributed by atoms with Crippen molar-refractivity contribution in [3.05, 3.63) is 29.8 Å². The second-order valence-corrected chi connectivity index (χ2v) is 4.30. The standard InChI is InChI=1S/C14H22N2O/c1-2-3-4-5-6-10-16-14(17)12-8-7-9-13(15)11-12/h7-9,11H,2-6,10,15H2,1H3,(H,16,17). The molecule has 3 nitrogen and oxygen atoms in total. The molecule has 3 heteroatoms. The van der Waals surface area contributed by atoms with Crippen LogP contribution < -0.4 is 11.1 Å². The van der Waals surface area contributed by atoms with Crippen LogP contribution in [-0.2, 0) is 0 Å². The maximum Gasteiger partial charge on any atom is 0.251 e. The van der Waals surface area contributed by atoms with Crippen molar-refractivity contribution in [2.45, 2.75) is 39.0 Å². The number of hydrogen-bond donors (Lipinski definition) is 2. The van der Waals surface area contributed by atoms with Crippen molar-refractivity contribution >= 4 is 11.6 Å². The lowest BCUT2D eigenvalue weighted by molar-refractivity contribution is 0.0953. The van der Waals surface area contributed by atoms with Gasteiger partial charge in [0, 0.05) is 17.8 Å². The number of anilines is 1. The fourth-order valence-corrected chi connectivity index (χ4v) is 1.71. The molecular formula is C14H22N2O. The van der Waals surface area contributed by atoms with E-state index in [-0.39, 0.29) is 5.91 Å². The van der Waals surface area contributed by atoms with Gasteiger partial charge in [-0.05, 0) is 24.6 Å². The molecule has 0 saturated heterocycles. The van der Waals surface area contributed by atoms with Gasteiger partial charge in [0.1, 0.15) is 0 Å². The first-order chi connectivity index (χ1) is 8.24. The van der Waals surface area contributed by atoms with Crippen LogP contribution in [0, 0.1) is 0 Å². The van der Waals surface area contributed by atoms with Gasteiger partial charge in [0.05, 0.1) is 0 Å². The van der Waals surface area contributed by atoms with Crippen molar-refractivity contribution in [3.8, 4) is 0 Å². The lowest BCUT2D eigenvalue weighted by Gasteiger charge is -2.05. The van der Waals surface area contributed by atoms with Crippen LogP contribution in [0.5, 0.6) is 0 Å². The van der Waals surface area contributed by atoms with Crippen molar-refractivity contribution in [3.63, 3.8) is 0 Å². The first-order valence-corrected chi connectivity index (χ1v) is 6.37. The Morgan fingerprint density at radius 3 is 2.71 bits per heavy atom. The molecule has 0 saturated carbocycles. The van der Waals surface area contributed by atoms with Crippen LogP contribution in [0.15, 0.2) is 24.3 Å². The van der Waals surface area contributed by atoms with Gasteiger partial charge in [-0.25, -0.2) is 0 Å². The van der Waals surface area contributed by atoms with Crippen molar-refractivity contribution in [2.75, 3.05) is 12.3 Å². The number of hydrogen-bond acceptors (Lipinski definition) is 2. The highest BCUT2D eigenvalue weighted by Crippen LogP contribution is 2.06. The molecule has 0 spiro atoms. The van der Waals surface area contributed by atoms with Gasteiger partial charge in [0.25, 0.3) is 5.91 Å². The summed E-state index contributed by atoms with van der Waals surface area (Å²) in [6, 6.07) is 7.06. The van der Waals surface area contributed by atoms with Gasteiger partial charge in [0.2, 0.25) is 0 Å². The van der Waals surface area contributed by atoms with Gasteiger partial charge in [-0.3, -0.25) is 4.79 Å². The monoisotopic (exact) mass is 234 g/mol. The molecule has 0 aliphatic carbocycles. The fourth-order valence-electron chi connectivity index (χ4n) is 1.71. The van der Waals surface area contributed by atoms with E-state index in [9.17, 15) is 4.79 Å². The number of carbonyl (C=O) groups excluding carboxylic acids is 1. The Bertz CT molecular complexity index is 350. The van der Waals surface area contributed by atoms with E-state index in [0.717, 1.165) is 13.0 Å². The number of nitrogens with one attached hydrogen (secondary N) is 1. The molecule has 1 aromatic rings. The van der Waals surface area contributed by atoms with E-state index >= 15 is 0 Å². The zero-order valence-electron chi connectivity index (χ0n) is 10.5. The van der Waals surface area contributed by atoms with E-state index in [2.05, 4.69) is 12.2 Å². The number of unbranched alkanes of at least 4 members (excludes halogenated alkanes) is 4. The molecule has 0 radical (unpaired) electrons. The van der Waals surface area contributed by atoms with E-state index in [1.54, 1.807) is 24.3 Å². The first-order valence-electron chi connectivity index (χ1n) is 6.37. The summed E-state index contributed by atoms with van der Waals surface area (Å²) in [5.74, 6) is -0.0345. The van der Waals surface area contributed by atoms with Crippen LogP contribution in [-0.4, -0.2) is 12.5 Å². The molecule has 1 amide bonds. The highest BCUT2D eigenvalue weighted by molar-refractivity contribution is 5.94. The summed E-state index contributed by atoms with van der Waals surface area (Å²) in [7, 11) is 0. The third kappa shape index (κ3) is 5.38. The highest BCUT2D eigenvalue weighted by atomic mass is 16.1. The number of nitrogens with two attached hydrogens (primary N) is 1. The van der Waals surface area contributed by atoms with Gasteiger partial charge < -0.3 is 11.1 Å². The summed E-state index contributed by atoms with van der Waals surface area (Å²) in [6.45, 7) is 2.94. The molecule has 0 fully saturated rings. The molecule has 0 heterocycles. The molecule has 94 valence electrons. The Kier molecular flexibility index (Phi) is 6.15. The lowest BCUT2D eigenvalue weighted by Crippen LogP contribution is -2.24. The number of benzene rings is 1. The second-order valence-electron chi connectivity index (χ2n) is 4.30. The zero-order chi connectivity index (χ0) is 12.5. The fraction of sp³-hybridized carbons (Fsp3) is 0.500. The van der Waals surface area contributed by atoms with Gasteiger partial charge in [-0.2, -0.15) is 0 Å². The lowest BCUT2D eigenvalue weighted by atomic mass is 10.1. The number of rotatable bonds is 7. The third-order valence-electron chi connectivity index (χ3n) is 2.71. The van der Waals surface area contributed by atoms with Gasteiger partial charge in [0.15, 0.2) is 0 Å². The third-order valence-corrected chi connectivity index (χ3v) is 2.71. The summed E-state index contributed by atoms with van der Waals surface area (Å²) in [5.41, 5.74) is 6.89. The number of carbonyl (C=O) groups is 1. The molecular weight excluding hydrogens is 212 g/mol. The molecule has 0 aliphatic heterocycles. The van der Waals surface area contributed by atoms with Crippen LogP contribution >= 0.6 is 0 Å². The van der Waals surface area contributed by atoms with Crippen LogP contribution in [0.25, 0.3) is 0 Å². The largest absolute Gasteiger partial charge is 0.399 e. The van der Waals surface area contributed by atoms with Crippen molar-refractivity contribution in [1.82, 2.24) is 5.32 Å². The molecule has 0 aromatic heterocycles. The Balaban J connectivity index is 2.21. The van der Waals surface area contributed by atoms with Crippen LogP contribution in [0.1, 0.15) is 49.4 Å². The summed E-state index contributed by atoms with van der Waals surface area (Å²) < 4.78 is 0.